The van der Waals surface area contributed by atoms with Crippen LogP contribution in [0.2, 0.25) is 0 Å². The van der Waals surface area contributed by atoms with Crippen molar-refractivity contribution in [2.45, 2.75) is 128 Å². The number of rotatable bonds is 10. The molecular weight excluding hydrogens is 388 g/mol. The first kappa shape index (κ1) is 24.8. The largest absolute Gasteiger partial charge is 0.192 e. The van der Waals surface area contributed by atoms with E-state index in [2.05, 4.69) is 38.1 Å². The van der Waals surface area contributed by atoms with Crippen LogP contribution in [0.5, 0.6) is 0 Å². The molecular formula is C30H44N2. The average Bonchev–Trinajstić information content (AvgIpc) is 2.84. The van der Waals surface area contributed by atoms with E-state index < -0.39 is 0 Å². The van der Waals surface area contributed by atoms with E-state index in [1.54, 1.807) is 0 Å². The molecule has 0 heterocycles. The highest BCUT2D eigenvalue weighted by molar-refractivity contribution is 5.57. The van der Waals surface area contributed by atoms with Crippen LogP contribution in [0.25, 0.3) is 0 Å². The van der Waals surface area contributed by atoms with Crippen molar-refractivity contribution in [2.24, 2.45) is 11.8 Å². The summed E-state index contributed by atoms with van der Waals surface area (Å²) < 4.78 is 0. The molecule has 174 valence electrons. The standard InChI is InChI=1S/C30H44N2/c1-3-5-6-7-9-13-24-14-17-26(18-15-24)30(20-10-8-11-21-30)29-19-16-25(12-4-2)27(22-31)28(29)23-32/h16,19,24,26H,3-15,17-18,20-21H2,1-2H3. The lowest BCUT2D eigenvalue weighted by molar-refractivity contribution is 0.124. The topological polar surface area (TPSA) is 47.6 Å². The molecule has 0 aliphatic heterocycles. The second-order valence-electron chi connectivity index (χ2n) is 10.6. The van der Waals surface area contributed by atoms with Gasteiger partial charge in [0.1, 0.15) is 12.1 Å². The van der Waals surface area contributed by atoms with Crippen molar-refractivity contribution in [1.82, 2.24) is 0 Å². The third-order valence-electron chi connectivity index (χ3n) is 8.66. The molecule has 2 saturated carbocycles. The number of nitrogens with zero attached hydrogens (tertiary/aromatic N) is 2. The molecule has 2 fully saturated rings. The summed E-state index contributed by atoms with van der Waals surface area (Å²) in [5, 5.41) is 20.1. The number of aryl methyl sites for hydroxylation is 1. The summed E-state index contributed by atoms with van der Waals surface area (Å²) in [6.07, 6.45) is 21.8. The van der Waals surface area contributed by atoms with E-state index in [0.29, 0.717) is 17.0 Å². The first-order valence-electron chi connectivity index (χ1n) is 13.7. The minimum atomic E-state index is 0.117. The fraction of sp³-hybridized carbons (Fsp3) is 0.733. The molecule has 0 aromatic heterocycles. The van der Waals surface area contributed by atoms with Gasteiger partial charge in [0.25, 0.3) is 0 Å². The van der Waals surface area contributed by atoms with Crippen molar-refractivity contribution < 1.29 is 0 Å². The van der Waals surface area contributed by atoms with Crippen LogP contribution in [0.4, 0.5) is 0 Å². The van der Waals surface area contributed by atoms with Crippen molar-refractivity contribution in [1.29, 1.82) is 10.5 Å². The molecule has 1 aromatic rings. The summed E-state index contributed by atoms with van der Waals surface area (Å²) in [6.45, 7) is 4.43. The van der Waals surface area contributed by atoms with Gasteiger partial charge in [0.15, 0.2) is 0 Å². The highest BCUT2D eigenvalue weighted by Crippen LogP contribution is 2.52. The van der Waals surface area contributed by atoms with Crippen LogP contribution in [0.3, 0.4) is 0 Å². The van der Waals surface area contributed by atoms with E-state index >= 15 is 0 Å². The number of benzene rings is 1. The van der Waals surface area contributed by atoms with Gasteiger partial charge in [-0.1, -0.05) is 103 Å². The normalized spacial score (nSPS) is 22.8. The number of hydrogen-bond donors (Lipinski definition) is 0. The second-order valence-corrected chi connectivity index (χ2v) is 10.6. The molecule has 0 radical (unpaired) electrons. The maximum atomic E-state index is 10.2. The van der Waals surface area contributed by atoms with E-state index in [9.17, 15) is 10.5 Å². The molecule has 0 unspecified atom stereocenters. The predicted molar refractivity (Wildman–Crippen MR) is 133 cm³/mol. The zero-order valence-electron chi connectivity index (χ0n) is 20.7. The Morgan fingerprint density at radius 2 is 1.50 bits per heavy atom. The summed E-state index contributed by atoms with van der Waals surface area (Å²) in [5.74, 6) is 1.58. The van der Waals surface area contributed by atoms with E-state index in [0.717, 1.165) is 24.3 Å². The van der Waals surface area contributed by atoms with E-state index in [4.69, 9.17) is 0 Å². The quantitative estimate of drug-likeness (QED) is 0.347. The fourth-order valence-electron chi connectivity index (χ4n) is 6.90. The molecule has 1 aromatic carbocycles. The monoisotopic (exact) mass is 432 g/mol. The third-order valence-corrected chi connectivity index (χ3v) is 8.66. The van der Waals surface area contributed by atoms with Crippen molar-refractivity contribution >= 4 is 0 Å². The van der Waals surface area contributed by atoms with Gasteiger partial charge in [-0.25, -0.2) is 0 Å². The van der Waals surface area contributed by atoms with Crippen molar-refractivity contribution in [3.63, 3.8) is 0 Å². The van der Waals surface area contributed by atoms with Gasteiger partial charge < -0.3 is 0 Å². The second kappa shape index (κ2) is 12.4. The molecule has 0 saturated heterocycles. The van der Waals surface area contributed by atoms with Gasteiger partial charge >= 0.3 is 0 Å². The van der Waals surface area contributed by atoms with Crippen LogP contribution >= 0.6 is 0 Å². The van der Waals surface area contributed by atoms with Crippen molar-refractivity contribution in [2.75, 3.05) is 0 Å². The van der Waals surface area contributed by atoms with Crippen molar-refractivity contribution in [3.8, 4) is 12.1 Å². The van der Waals surface area contributed by atoms with Gasteiger partial charge in [0, 0.05) is 0 Å². The third kappa shape index (κ3) is 5.57. The smallest absolute Gasteiger partial charge is 0.101 e. The Bertz CT molecular complexity index is 795. The Balaban J connectivity index is 1.79. The molecule has 2 aliphatic carbocycles. The number of unbranched alkanes of at least 4 members (excludes halogenated alkanes) is 4. The van der Waals surface area contributed by atoms with Crippen molar-refractivity contribution in [3.05, 3.63) is 34.4 Å². The van der Waals surface area contributed by atoms with Crippen LogP contribution in [0.15, 0.2) is 12.1 Å². The molecule has 3 rings (SSSR count). The lowest BCUT2D eigenvalue weighted by atomic mass is 9.56. The lowest BCUT2D eigenvalue weighted by Gasteiger charge is -2.47. The molecule has 0 N–H and O–H groups in total. The van der Waals surface area contributed by atoms with Crippen LogP contribution < -0.4 is 0 Å². The summed E-state index contributed by atoms with van der Waals surface area (Å²) in [4.78, 5) is 0. The van der Waals surface area contributed by atoms with E-state index in [-0.39, 0.29) is 5.41 Å². The Labute approximate surface area is 197 Å². The van der Waals surface area contributed by atoms with Gasteiger partial charge in [-0.3, -0.25) is 0 Å². The summed E-state index contributed by atoms with van der Waals surface area (Å²) in [6, 6.07) is 9.36. The zero-order chi connectivity index (χ0) is 22.8. The Kier molecular flexibility index (Phi) is 9.66. The Hall–Kier alpha value is -1.80. The molecule has 32 heavy (non-hydrogen) atoms. The SMILES string of the molecule is CCCCCCCC1CCC(C2(c3ccc(CCC)c(C#N)c3C#N)CCCCC2)CC1. The highest BCUT2D eigenvalue weighted by atomic mass is 14.5. The Morgan fingerprint density at radius 1 is 0.812 bits per heavy atom. The highest BCUT2D eigenvalue weighted by Gasteiger charge is 2.44. The van der Waals surface area contributed by atoms with Gasteiger partial charge in [-0.15, -0.1) is 0 Å². The lowest BCUT2D eigenvalue weighted by Crippen LogP contribution is -2.40. The molecule has 2 aliphatic rings. The van der Waals surface area contributed by atoms with Crippen LogP contribution in [-0.2, 0) is 11.8 Å². The Morgan fingerprint density at radius 3 is 2.12 bits per heavy atom. The number of hydrogen-bond acceptors (Lipinski definition) is 2. The maximum Gasteiger partial charge on any atom is 0.101 e. The summed E-state index contributed by atoms with van der Waals surface area (Å²) in [7, 11) is 0. The molecule has 0 spiro atoms. The maximum absolute atomic E-state index is 10.2. The fourth-order valence-corrected chi connectivity index (χ4v) is 6.90. The summed E-state index contributed by atoms with van der Waals surface area (Å²) in [5.41, 5.74) is 3.77. The molecule has 0 amide bonds. The van der Waals surface area contributed by atoms with E-state index in [1.165, 1.54) is 102 Å². The van der Waals surface area contributed by atoms with Gasteiger partial charge in [0.2, 0.25) is 0 Å². The zero-order valence-corrected chi connectivity index (χ0v) is 20.7. The predicted octanol–water partition coefficient (Wildman–Crippen LogP) is 8.75. The first-order chi connectivity index (χ1) is 15.7. The molecule has 2 heteroatoms. The van der Waals surface area contributed by atoms with Gasteiger partial charge in [0.05, 0.1) is 11.1 Å². The van der Waals surface area contributed by atoms with Gasteiger partial charge in [-0.05, 0) is 60.5 Å². The minimum absolute atomic E-state index is 0.117. The summed E-state index contributed by atoms with van der Waals surface area (Å²) >= 11 is 0. The van der Waals surface area contributed by atoms with Gasteiger partial charge in [-0.2, -0.15) is 10.5 Å². The number of nitriles is 2. The molecule has 0 atom stereocenters. The molecule has 2 nitrogen and oxygen atoms in total. The van der Waals surface area contributed by atoms with E-state index in [1.807, 2.05) is 0 Å². The van der Waals surface area contributed by atoms with Crippen LogP contribution in [0, 0.1) is 34.5 Å². The van der Waals surface area contributed by atoms with Crippen LogP contribution in [-0.4, -0.2) is 0 Å². The van der Waals surface area contributed by atoms with Crippen LogP contribution in [0.1, 0.15) is 139 Å². The average molecular weight is 433 g/mol. The first-order valence-corrected chi connectivity index (χ1v) is 13.7. The molecule has 0 bridgehead atoms. The minimum Gasteiger partial charge on any atom is -0.192 e.